The molecule has 0 aromatic heterocycles. The van der Waals surface area contributed by atoms with Gasteiger partial charge in [-0.25, -0.2) is 0 Å². The lowest BCUT2D eigenvalue weighted by Gasteiger charge is -2.47. The van der Waals surface area contributed by atoms with E-state index in [0.717, 1.165) is 38.5 Å². The summed E-state index contributed by atoms with van der Waals surface area (Å²) >= 11 is 0. The number of ether oxygens (including phenoxy) is 1. The Kier molecular flexibility index (Phi) is 5.32. The Balaban J connectivity index is 1.36. The molecular weight excluding hydrogens is 396 g/mol. The highest BCUT2D eigenvalue weighted by Gasteiger charge is 2.54. The highest BCUT2D eigenvalue weighted by Crippen LogP contribution is 2.59. The maximum atomic E-state index is 11.8. The average molecular weight is 435 g/mol. The van der Waals surface area contributed by atoms with Crippen molar-refractivity contribution in [3.8, 4) is 11.5 Å². The van der Waals surface area contributed by atoms with Crippen LogP contribution in [0.3, 0.4) is 0 Å². The van der Waals surface area contributed by atoms with Crippen molar-refractivity contribution in [3.63, 3.8) is 0 Å². The summed E-state index contributed by atoms with van der Waals surface area (Å²) in [4.78, 5) is 0. The van der Waals surface area contributed by atoms with Crippen LogP contribution in [0.15, 0.2) is 36.4 Å². The van der Waals surface area contributed by atoms with Crippen LogP contribution in [0.5, 0.6) is 11.5 Å². The fourth-order valence-corrected chi connectivity index (χ4v) is 7.24. The van der Waals surface area contributed by atoms with Crippen LogP contribution in [0.2, 0.25) is 0 Å². The number of benzene rings is 2. The molecule has 0 amide bonds. The van der Waals surface area contributed by atoms with E-state index < -0.39 is 5.60 Å². The van der Waals surface area contributed by atoms with Gasteiger partial charge in [-0.1, -0.05) is 45.0 Å². The predicted octanol–water partition coefficient (Wildman–Crippen LogP) is 6.14. The van der Waals surface area contributed by atoms with E-state index in [1.54, 1.807) is 7.11 Å². The summed E-state index contributed by atoms with van der Waals surface area (Å²) in [6.07, 6.45) is 7.22. The molecule has 5 rings (SSSR count). The minimum atomic E-state index is -0.578. The monoisotopic (exact) mass is 434 g/mol. The van der Waals surface area contributed by atoms with Gasteiger partial charge in [-0.15, -0.1) is 0 Å². The SMILES string of the molecule is COc1cc2c(cc1O)CCC1C2CC[C@H]2C1CC[C@@]2(O)Cc1ccc(C(C)(C)C)cc1. The van der Waals surface area contributed by atoms with Crippen molar-refractivity contribution in [1.29, 1.82) is 0 Å². The normalized spacial score (nSPS) is 31.5. The van der Waals surface area contributed by atoms with Crippen LogP contribution in [-0.4, -0.2) is 22.9 Å². The third-order valence-electron chi connectivity index (χ3n) is 8.89. The molecule has 3 unspecified atom stereocenters. The first kappa shape index (κ1) is 21.8. The molecule has 32 heavy (non-hydrogen) atoms. The van der Waals surface area contributed by atoms with Crippen LogP contribution in [0.1, 0.15) is 81.0 Å². The van der Waals surface area contributed by atoms with Crippen LogP contribution in [-0.2, 0) is 18.3 Å². The Morgan fingerprint density at radius 2 is 1.75 bits per heavy atom. The molecule has 0 spiro atoms. The minimum Gasteiger partial charge on any atom is -0.504 e. The maximum Gasteiger partial charge on any atom is 0.160 e. The minimum absolute atomic E-state index is 0.156. The molecule has 3 aliphatic rings. The van der Waals surface area contributed by atoms with Gasteiger partial charge < -0.3 is 14.9 Å². The van der Waals surface area contributed by atoms with E-state index in [1.807, 2.05) is 6.07 Å². The average Bonchev–Trinajstić information content (AvgIpc) is 3.09. The van der Waals surface area contributed by atoms with Crippen molar-refractivity contribution in [3.05, 3.63) is 58.7 Å². The van der Waals surface area contributed by atoms with E-state index >= 15 is 0 Å². The van der Waals surface area contributed by atoms with Crippen molar-refractivity contribution in [2.45, 2.75) is 82.7 Å². The van der Waals surface area contributed by atoms with Gasteiger partial charge in [-0.2, -0.15) is 0 Å². The molecule has 3 heteroatoms. The first-order valence-corrected chi connectivity index (χ1v) is 12.4. The molecule has 2 fully saturated rings. The molecule has 2 aromatic carbocycles. The van der Waals surface area contributed by atoms with E-state index in [0.29, 0.717) is 29.4 Å². The van der Waals surface area contributed by atoms with Crippen molar-refractivity contribution in [2.24, 2.45) is 17.8 Å². The number of hydrogen-bond donors (Lipinski definition) is 2. The number of fused-ring (bicyclic) bond motifs is 5. The first-order valence-electron chi connectivity index (χ1n) is 12.4. The van der Waals surface area contributed by atoms with Gasteiger partial charge in [0.25, 0.3) is 0 Å². The van der Waals surface area contributed by atoms with Crippen molar-refractivity contribution in [1.82, 2.24) is 0 Å². The van der Waals surface area contributed by atoms with Gasteiger partial charge in [0.1, 0.15) is 0 Å². The number of aromatic hydroxyl groups is 1. The van der Waals surface area contributed by atoms with Gasteiger partial charge in [0.05, 0.1) is 12.7 Å². The number of phenols is 1. The molecule has 0 bridgehead atoms. The molecule has 2 N–H and O–H groups in total. The highest BCUT2D eigenvalue weighted by atomic mass is 16.5. The van der Waals surface area contributed by atoms with Crippen LogP contribution in [0, 0.1) is 17.8 Å². The lowest BCUT2D eigenvalue weighted by molar-refractivity contribution is -0.0347. The zero-order valence-electron chi connectivity index (χ0n) is 20.0. The third kappa shape index (κ3) is 3.63. The Hall–Kier alpha value is -2.00. The number of rotatable bonds is 3. The summed E-state index contributed by atoms with van der Waals surface area (Å²) in [7, 11) is 1.63. The second kappa shape index (κ2) is 7.80. The fraction of sp³-hybridized carbons (Fsp3) is 0.586. The Labute approximate surface area is 192 Å². The quantitative estimate of drug-likeness (QED) is 0.610. The van der Waals surface area contributed by atoms with Gasteiger partial charge in [0, 0.05) is 6.42 Å². The summed E-state index contributed by atoms with van der Waals surface area (Å²) in [5.41, 5.74) is 4.85. The standard InChI is InChI=1S/C29H38O3/c1-28(2,3)20-8-5-18(6-9-20)17-29(31)14-13-23-21-10-7-19-15-26(30)27(32-4)16-24(19)22(21)11-12-25(23)29/h5-6,8-9,15-16,21-23,25,30-31H,7,10-14,17H2,1-4H3/t21?,22?,23?,25-,29+/m0/s1. The van der Waals surface area contributed by atoms with E-state index in [2.05, 4.69) is 51.1 Å². The first-order chi connectivity index (χ1) is 15.2. The fourth-order valence-electron chi connectivity index (χ4n) is 7.24. The number of phenolic OH excluding ortho intramolecular Hbond substituents is 1. The molecule has 0 saturated heterocycles. The van der Waals surface area contributed by atoms with Gasteiger partial charge >= 0.3 is 0 Å². The van der Waals surface area contributed by atoms with Crippen LogP contribution >= 0.6 is 0 Å². The molecule has 3 aliphatic carbocycles. The molecule has 2 aromatic rings. The van der Waals surface area contributed by atoms with Gasteiger partial charge in [-0.05, 0) is 102 Å². The second-order valence-electron chi connectivity index (χ2n) is 11.6. The molecule has 3 nitrogen and oxygen atoms in total. The lowest BCUT2D eigenvalue weighted by Crippen LogP contribution is -2.43. The van der Waals surface area contributed by atoms with Crippen molar-refractivity contribution >= 4 is 0 Å². The van der Waals surface area contributed by atoms with E-state index in [-0.39, 0.29) is 11.2 Å². The smallest absolute Gasteiger partial charge is 0.160 e. The lowest BCUT2D eigenvalue weighted by atomic mass is 9.59. The van der Waals surface area contributed by atoms with E-state index in [9.17, 15) is 10.2 Å². The van der Waals surface area contributed by atoms with E-state index in [1.165, 1.54) is 28.7 Å². The van der Waals surface area contributed by atoms with Gasteiger partial charge in [0.2, 0.25) is 0 Å². The third-order valence-corrected chi connectivity index (χ3v) is 8.89. The second-order valence-corrected chi connectivity index (χ2v) is 11.6. The number of aryl methyl sites for hydroxylation is 1. The maximum absolute atomic E-state index is 11.8. The summed E-state index contributed by atoms with van der Waals surface area (Å²) in [5.74, 6) is 3.00. The van der Waals surface area contributed by atoms with Gasteiger partial charge in [0.15, 0.2) is 11.5 Å². The molecule has 0 aliphatic heterocycles. The Morgan fingerprint density at radius 1 is 1.00 bits per heavy atom. The summed E-state index contributed by atoms with van der Waals surface area (Å²) in [6.45, 7) is 6.73. The predicted molar refractivity (Wildman–Crippen MR) is 128 cm³/mol. The van der Waals surface area contributed by atoms with E-state index in [4.69, 9.17) is 4.74 Å². The highest BCUT2D eigenvalue weighted by molar-refractivity contribution is 5.49. The number of hydrogen-bond acceptors (Lipinski definition) is 3. The number of aliphatic hydroxyl groups is 1. The summed E-state index contributed by atoms with van der Waals surface area (Å²) < 4.78 is 5.42. The topological polar surface area (TPSA) is 49.7 Å². The molecule has 0 heterocycles. The van der Waals surface area contributed by atoms with Crippen LogP contribution < -0.4 is 4.74 Å². The zero-order chi connectivity index (χ0) is 22.7. The summed E-state index contributed by atoms with van der Waals surface area (Å²) in [5, 5.41) is 22.0. The van der Waals surface area contributed by atoms with Crippen LogP contribution in [0.4, 0.5) is 0 Å². The molecule has 2 saturated carbocycles. The summed E-state index contributed by atoms with van der Waals surface area (Å²) in [6, 6.07) is 12.9. The van der Waals surface area contributed by atoms with Crippen molar-refractivity contribution < 1.29 is 14.9 Å². The number of methoxy groups -OCH3 is 1. The largest absolute Gasteiger partial charge is 0.504 e. The molecular formula is C29H38O3. The molecule has 172 valence electrons. The molecule has 5 atom stereocenters. The van der Waals surface area contributed by atoms with Crippen molar-refractivity contribution in [2.75, 3.05) is 7.11 Å². The van der Waals surface area contributed by atoms with Crippen LogP contribution in [0.25, 0.3) is 0 Å². The Morgan fingerprint density at radius 3 is 2.44 bits per heavy atom. The Bertz CT molecular complexity index is 987. The molecule has 0 radical (unpaired) electrons. The zero-order valence-corrected chi connectivity index (χ0v) is 20.0. The van der Waals surface area contributed by atoms with Gasteiger partial charge in [-0.3, -0.25) is 0 Å².